The molecule has 0 atom stereocenters. The summed E-state index contributed by atoms with van der Waals surface area (Å²) in [7, 11) is 0. The smallest absolute Gasteiger partial charge is 0.335 e. The van der Waals surface area contributed by atoms with Gasteiger partial charge in [-0.25, -0.2) is 4.79 Å². The second-order valence-corrected chi connectivity index (χ2v) is 6.95. The van der Waals surface area contributed by atoms with E-state index in [-0.39, 0.29) is 5.56 Å². The number of nitriles is 2. The molecule has 0 aliphatic rings. The number of aromatic carboxylic acids is 1. The summed E-state index contributed by atoms with van der Waals surface area (Å²) >= 11 is 3.35. The highest BCUT2D eigenvalue weighted by molar-refractivity contribution is 9.10. The summed E-state index contributed by atoms with van der Waals surface area (Å²) in [5, 5.41) is 26.1. The lowest BCUT2D eigenvalue weighted by Gasteiger charge is -2.06. The number of hydrogen-bond donors (Lipinski definition) is 1. The average molecular weight is 433 g/mol. The molecule has 4 nitrogen and oxygen atoms in total. The van der Waals surface area contributed by atoms with Crippen LogP contribution in [0.4, 0.5) is 0 Å². The number of hydrogen-bond acceptors (Lipinski definition) is 3. The van der Waals surface area contributed by atoms with E-state index in [0.717, 1.165) is 26.7 Å². The predicted octanol–water partition coefficient (Wildman–Crippen LogP) is 5.86. The highest BCUT2D eigenvalue weighted by Crippen LogP contribution is 2.24. The molecule has 0 spiro atoms. The van der Waals surface area contributed by atoms with Crippen molar-refractivity contribution >= 4 is 21.9 Å². The van der Waals surface area contributed by atoms with Crippen LogP contribution in [-0.2, 0) is 0 Å². The van der Waals surface area contributed by atoms with E-state index in [1.807, 2.05) is 38.1 Å². The molecule has 3 rings (SSSR count). The fraction of sp³-hybridized carbons (Fsp3) is 0.0870. The van der Waals surface area contributed by atoms with Gasteiger partial charge in [0.25, 0.3) is 0 Å². The summed E-state index contributed by atoms with van der Waals surface area (Å²) in [5.74, 6) is -0.932. The van der Waals surface area contributed by atoms with Gasteiger partial charge in [0.15, 0.2) is 0 Å². The van der Waals surface area contributed by atoms with Crippen LogP contribution in [0.3, 0.4) is 0 Å². The number of halogens is 1. The minimum Gasteiger partial charge on any atom is -0.478 e. The van der Waals surface area contributed by atoms with E-state index in [4.69, 9.17) is 15.6 Å². The van der Waals surface area contributed by atoms with Crippen LogP contribution in [-0.4, -0.2) is 11.1 Å². The molecule has 0 radical (unpaired) electrons. The maximum atomic E-state index is 10.8. The Labute approximate surface area is 172 Å². The second-order valence-electron chi connectivity index (χ2n) is 6.10. The lowest BCUT2D eigenvalue weighted by atomic mass is 9.98. The molecule has 0 saturated heterocycles. The molecule has 5 heteroatoms. The third-order valence-electron chi connectivity index (χ3n) is 4.09. The van der Waals surface area contributed by atoms with Crippen molar-refractivity contribution in [3.63, 3.8) is 0 Å². The molecule has 1 N–H and O–H groups in total. The lowest BCUT2D eigenvalue weighted by molar-refractivity contribution is 0.0697. The van der Waals surface area contributed by atoms with E-state index < -0.39 is 5.97 Å². The van der Waals surface area contributed by atoms with Gasteiger partial charge in [-0.15, -0.1) is 0 Å². The van der Waals surface area contributed by atoms with Crippen molar-refractivity contribution in [2.24, 2.45) is 0 Å². The van der Waals surface area contributed by atoms with Crippen molar-refractivity contribution in [2.45, 2.75) is 13.8 Å². The third-order valence-corrected chi connectivity index (χ3v) is 4.98. The Hall–Kier alpha value is -3.41. The molecule has 0 aliphatic carbocycles. The van der Waals surface area contributed by atoms with Gasteiger partial charge in [-0.3, -0.25) is 0 Å². The average Bonchev–Trinajstić information content (AvgIpc) is 2.70. The van der Waals surface area contributed by atoms with E-state index in [0.29, 0.717) is 11.1 Å². The summed E-state index contributed by atoms with van der Waals surface area (Å²) in [4.78, 5) is 10.8. The molecule has 0 bridgehead atoms. The third kappa shape index (κ3) is 5.30. The van der Waals surface area contributed by atoms with Crippen molar-refractivity contribution in [1.82, 2.24) is 0 Å². The van der Waals surface area contributed by atoms with Gasteiger partial charge in [0.05, 0.1) is 28.8 Å². The van der Waals surface area contributed by atoms with E-state index in [2.05, 4.69) is 28.1 Å². The minimum atomic E-state index is -0.932. The number of aryl methyl sites for hydroxylation is 2. The SMILES string of the molecule is Cc1cc(C#N)ccc1-c1ccc(C(=O)O)cc1.Cc1cc(C#N)ccc1Br. The number of benzene rings is 3. The van der Waals surface area contributed by atoms with Crippen LogP contribution < -0.4 is 0 Å². The van der Waals surface area contributed by atoms with Gasteiger partial charge in [0.2, 0.25) is 0 Å². The topological polar surface area (TPSA) is 84.9 Å². The molecular weight excluding hydrogens is 416 g/mol. The highest BCUT2D eigenvalue weighted by Gasteiger charge is 2.05. The molecule has 0 aromatic heterocycles. The van der Waals surface area contributed by atoms with Crippen molar-refractivity contribution in [3.05, 3.63) is 93.0 Å². The molecule has 0 aliphatic heterocycles. The van der Waals surface area contributed by atoms with Crippen LogP contribution in [0.15, 0.2) is 65.1 Å². The number of carboxylic acids is 1. The van der Waals surface area contributed by atoms with Gasteiger partial charge in [-0.05, 0) is 78.6 Å². The number of nitrogens with zero attached hydrogens (tertiary/aromatic N) is 2. The molecule has 3 aromatic carbocycles. The fourth-order valence-corrected chi connectivity index (χ4v) is 2.81. The van der Waals surface area contributed by atoms with Gasteiger partial charge in [0, 0.05) is 4.47 Å². The van der Waals surface area contributed by atoms with Crippen LogP contribution in [0.25, 0.3) is 11.1 Å². The quantitative estimate of drug-likeness (QED) is 0.549. The zero-order valence-corrected chi connectivity index (χ0v) is 17.0. The van der Waals surface area contributed by atoms with Crippen LogP contribution in [0.1, 0.15) is 32.6 Å². The Bertz CT molecular complexity index is 1090. The van der Waals surface area contributed by atoms with Crippen LogP contribution in [0.5, 0.6) is 0 Å². The molecule has 0 saturated carbocycles. The molecule has 0 fully saturated rings. The van der Waals surface area contributed by atoms with Crippen molar-refractivity contribution in [1.29, 1.82) is 10.5 Å². The minimum absolute atomic E-state index is 0.269. The summed E-state index contributed by atoms with van der Waals surface area (Å²) in [6, 6.07) is 21.9. The summed E-state index contributed by atoms with van der Waals surface area (Å²) < 4.78 is 1.05. The molecule has 3 aromatic rings. The molecule has 0 heterocycles. The Morgan fingerprint density at radius 3 is 1.86 bits per heavy atom. The maximum Gasteiger partial charge on any atom is 0.335 e. The molecular formula is C23H17BrN2O2. The Morgan fingerprint density at radius 1 is 0.857 bits per heavy atom. The molecule has 0 amide bonds. The van der Waals surface area contributed by atoms with Crippen LogP contribution >= 0.6 is 15.9 Å². The zero-order valence-electron chi connectivity index (χ0n) is 15.4. The Morgan fingerprint density at radius 2 is 1.39 bits per heavy atom. The van der Waals surface area contributed by atoms with Gasteiger partial charge < -0.3 is 5.11 Å². The zero-order chi connectivity index (χ0) is 20.7. The summed E-state index contributed by atoms with van der Waals surface area (Å²) in [5.41, 5.74) is 5.65. The van der Waals surface area contributed by atoms with E-state index in [1.165, 1.54) is 0 Å². The predicted molar refractivity (Wildman–Crippen MR) is 112 cm³/mol. The van der Waals surface area contributed by atoms with Gasteiger partial charge in [-0.2, -0.15) is 10.5 Å². The fourth-order valence-electron chi connectivity index (χ4n) is 2.56. The first kappa shape index (κ1) is 20.9. The Balaban J connectivity index is 0.000000237. The number of carboxylic acid groups (broad SMARTS) is 1. The van der Waals surface area contributed by atoms with Gasteiger partial charge in [-0.1, -0.05) is 34.1 Å². The van der Waals surface area contributed by atoms with Crippen LogP contribution in [0.2, 0.25) is 0 Å². The van der Waals surface area contributed by atoms with Gasteiger partial charge >= 0.3 is 5.97 Å². The lowest BCUT2D eigenvalue weighted by Crippen LogP contribution is -1.95. The largest absolute Gasteiger partial charge is 0.478 e. The summed E-state index contributed by atoms with van der Waals surface area (Å²) in [6.45, 7) is 3.90. The van der Waals surface area contributed by atoms with Gasteiger partial charge in [0.1, 0.15) is 0 Å². The second kappa shape index (κ2) is 9.50. The first-order valence-electron chi connectivity index (χ1n) is 8.36. The first-order valence-corrected chi connectivity index (χ1v) is 9.15. The van der Waals surface area contributed by atoms with E-state index in [1.54, 1.807) is 36.4 Å². The Kier molecular flexibility index (Phi) is 7.09. The van der Waals surface area contributed by atoms with Crippen molar-refractivity contribution in [3.8, 4) is 23.3 Å². The van der Waals surface area contributed by atoms with Crippen molar-refractivity contribution < 1.29 is 9.90 Å². The standard InChI is InChI=1S/C15H11NO2.C8H6BrN/c1-10-8-11(9-16)2-7-14(10)12-3-5-13(6-4-12)15(17)18;1-6-4-7(5-10)2-3-8(6)9/h2-8H,1H3,(H,17,18);2-4H,1H3. The van der Waals surface area contributed by atoms with Crippen LogP contribution in [0, 0.1) is 36.5 Å². The molecule has 0 unspecified atom stereocenters. The number of rotatable bonds is 2. The van der Waals surface area contributed by atoms with E-state index >= 15 is 0 Å². The number of carbonyl (C=O) groups is 1. The summed E-state index contributed by atoms with van der Waals surface area (Å²) in [6.07, 6.45) is 0. The monoisotopic (exact) mass is 432 g/mol. The molecule has 138 valence electrons. The molecule has 28 heavy (non-hydrogen) atoms. The highest BCUT2D eigenvalue weighted by atomic mass is 79.9. The first-order chi connectivity index (χ1) is 13.3. The normalized spacial score (nSPS) is 9.46. The van der Waals surface area contributed by atoms with E-state index in [9.17, 15) is 4.79 Å². The van der Waals surface area contributed by atoms with Crippen molar-refractivity contribution in [2.75, 3.05) is 0 Å². The maximum absolute atomic E-state index is 10.8.